The lowest BCUT2D eigenvalue weighted by molar-refractivity contribution is -0.0112. The van der Waals surface area contributed by atoms with Crippen LogP contribution in [0.1, 0.15) is 44.2 Å². The van der Waals surface area contributed by atoms with Gasteiger partial charge in [0.25, 0.3) is 0 Å². The number of hydrogen-bond acceptors (Lipinski definition) is 3. The molecule has 1 unspecified atom stereocenters. The van der Waals surface area contributed by atoms with E-state index >= 15 is 0 Å². The van der Waals surface area contributed by atoms with E-state index in [1.165, 1.54) is 24.0 Å². The maximum atomic E-state index is 6.00. The Bertz CT molecular complexity index is 411. The van der Waals surface area contributed by atoms with Gasteiger partial charge in [-0.25, -0.2) is 0 Å². The summed E-state index contributed by atoms with van der Waals surface area (Å²) in [6.45, 7) is 8.83. The van der Waals surface area contributed by atoms with Crippen molar-refractivity contribution in [3.05, 3.63) is 29.3 Å². The van der Waals surface area contributed by atoms with E-state index in [-0.39, 0.29) is 6.10 Å². The Hall–Kier alpha value is -1.06. The summed E-state index contributed by atoms with van der Waals surface area (Å²) in [5.74, 6) is 0.984. The molecule has 3 heteroatoms. The zero-order valence-corrected chi connectivity index (χ0v) is 12.9. The van der Waals surface area contributed by atoms with Crippen molar-refractivity contribution in [1.29, 1.82) is 0 Å². The van der Waals surface area contributed by atoms with Crippen LogP contribution < -0.4 is 10.1 Å². The molecule has 1 aliphatic heterocycles. The van der Waals surface area contributed by atoms with E-state index in [0.717, 1.165) is 25.3 Å². The van der Waals surface area contributed by atoms with Crippen LogP contribution in [0.4, 0.5) is 0 Å². The molecule has 0 bridgehead atoms. The van der Waals surface area contributed by atoms with Gasteiger partial charge in [-0.2, -0.15) is 0 Å². The Balaban J connectivity index is 1.94. The first-order valence-corrected chi connectivity index (χ1v) is 7.72. The van der Waals surface area contributed by atoms with Crippen LogP contribution in [0.25, 0.3) is 0 Å². The Labute approximate surface area is 122 Å². The van der Waals surface area contributed by atoms with Gasteiger partial charge in [0.2, 0.25) is 0 Å². The standard InChI is InChI=1S/C17H27NO2/c1-13(2)18-11-15-10-14(3)7-8-17(15)20-12-16-6-4-5-9-19-16/h7-8,10,13,16,18H,4-6,9,11-12H2,1-3H3. The van der Waals surface area contributed by atoms with E-state index < -0.39 is 0 Å². The van der Waals surface area contributed by atoms with Crippen LogP contribution in [-0.2, 0) is 11.3 Å². The van der Waals surface area contributed by atoms with Gasteiger partial charge in [0.15, 0.2) is 0 Å². The van der Waals surface area contributed by atoms with Crippen LogP contribution in [0, 0.1) is 6.92 Å². The second-order valence-electron chi connectivity index (χ2n) is 5.95. The smallest absolute Gasteiger partial charge is 0.123 e. The normalized spacial score (nSPS) is 19.3. The molecule has 0 saturated carbocycles. The van der Waals surface area contributed by atoms with Crippen molar-refractivity contribution in [2.24, 2.45) is 0 Å². The van der Waals surface area contributed by atoms with Gasteiger partial charge in [0.1, 0.15) is 12.4 Å². The SMILES string of the molecule is Cc1ccc(OCC2CCCCO2)c(CNC(C)C)c1. The predicted octanol–water partition coefficient (Wildman–Crippen LogP) is 3.44. The second kappa shape index (κ2) is 7.65. The quantitative estimate of drug-likeness (QED) is 0.864. The van der Waals surface area contributed by atoms with Crippen LogP contribution in [-0.4, -0.2) is 25.4 Å². The molecule has 0 aromatic heterocycles. The first-order valence-electron chi connectivity index (χ1n) is 7.72. The van der Waals surface area contributed by atoms with E-state index in [4.69, 9.17) is 9.47 Å². The topological polar surface area (TPSA) is 30.5 Å². The first kappa shape index (κ1) is 15.3. The lowest BCUT2D eigenvalue weighted by Crippen LogP contribution is -2.26. The molecular formula is C17H27NO2. The number of benzene rings is 1. The van der Waals surface area contributed by atoms with Crippen molar-refractivity contribution in [1.82, 2.24) is 5.32 Å². The molecule has 1 N–H and O–H groups in total. The molecule has 1 aromatic rings. The summed E-state index contributed by atoms with van der Waals surface area (Å²) in [6, 6.07) is 6.86. The number of aryl methyl sites for hydroxylation is 1. The third-order valence-electron chi connectivity index (χ3n) is 3.62. The molecule has 1 saturated heterocycles. The summed E-state index contributed by atoms with van der Waals surface area (Å²) >= 11 is 0. The van der Waals surface area contributed by atoms with Gasteiger partial charge < -0.3 is 14.8 Å². The summed E-state index contributed by atoms with van der Waals surface area (Å²) in [7, 11) is 0. The number of hydrogen-bond donors (Lipinski definition) is 1. The average molecular weight is 277 g/mol. The van der Waals surface area contributed by atoms with Crippen LogP contribution in [0.15, 0.2) is 18.2 Å². The minimum absolute atomic E-state index is 0.260. The molecule has 0 radical (unpaired) electrons. The molecule has 20 heavy (non-hydrogen) atoms. The summed E-state index contributed by atoms with van der Waals surface area (Å²) in [4.78, 5) is 0. The summed E-state index contributed by atoms with van der Waals surface area (Å²) in [5.41, 5.74) is 2.50. The van der Waals surface area contributed by atoms with E-state index in [2.05, 4.69) is 44.3 Å². The summed E-state index contributed by atoms with van der Waals surface area (Å²) < 4.78 is 11.7. The van der Waals surface area contributed by atoms with Crippen LogP contribution >= 0.6 is 0 Å². The summed E-state index contributed by atoms with van der Waals surface area (Å²) in [6.07, 6.45) is 3.82. The highest BCUT2D eigenvalue weighted by molar-refractivity contribution is 5.36. The molecule has 0 amide bonds. The fraction of sp³-hybridized carbons (Fsp3) is 0.647. The Morgan fingerprint density at radius 1 is 1.35 bits per heavy atom. The Morgan fingerprint density at radius 2 is 2.20 bits per heavy atom. The lowest BCUT2D eigenvalue weighted by Gasteiger charge is -2.23. The first-order chi connectivity index (χ1) is 9.65. The maximum absolute atomic E-state index is 6.00. The third kappa shape index (κ3) is 4.80. The van der Waals surface area contributed by atoms with Gasteiger partial charge in [-0.3, -0.25) is 0 Å². The molecule has 1 fully saturated rings. The molecule has 2 rings (SSSR count). The highest BCUT2D eigenvalue weighted by Gasteiger charge is 2.15. The van der Waals surface area contributed by atoms with Crippen molar-refractivity contribution < 1.29 is 9.47 Å². The van der Waals surface area contributed by atoms with E-state index in [1.807, 2.05) is 0 Å². The van der Waals surface area contributed by atoms with Gasteiger partial charge in [0, 0.05) is 24.8 Å². The Kier molecular flexibility index (Phi) is 5.86. The van der Waals surface area contributed by atoms with Crippen LogP contribution in [0.3, 0.4) is 0 Å². The van der Waals surface area contributed by atoms with Crippen LogP contribution in [0.2, 0.25) is 0 Å². The zero-order chi connectivity index (χ0) is 14.4. The second-order valence-corrected chi connectivity index (χ2v) is 5.95. The highest BCUT2D eigenvalue weighted by atomic mass is 16.5. The van der Waals surface area contributed by atoms with Crippen molar-refractivity contribution in [2.75, 3.05) is 13.2 Å². The number of rotatable bonds is 6. The zero-order valence-electron chi connectivity index (χ0n) is 12.9. The van der Waals surface area contributed by atoms with E-state index in [1.54, 1.807) is 0 Å². The fourth-order valence-electron chi connectivity index (χ4n) is 2.42. The maximum Gasteiger partial charge on any atom is 0.123 e. The lowest BCUT2D eigenvalue weighted by atomic mass is 10.1. The molecule has 0 aliphatic carbocycles. The molecule has 112 valence electrons. The molecule has 1 aromatic carbocycles. The molecular weight excluding hydrogens is 250 g/mol. The van der Waals surface area contributed by atoms with Gasteiger partial charge >= 0.3 is 0 Å². The van der Waals surface area contributed by atoms with Gasteiger partial charge in [-0.05, 0) is 32.3 Å². The van der Waals surface area contributed by atoms with Crippen molar-refractivity contribution in [2.45, 2.75) is 58.7 Å². The van der Waals surface area contributed by atoms with E-state index in [0.29, 0.717) is 12.6 Å². The Morgan fingerprint density at radius 3 is 2.90 bits per heavy atom. The van der Waals surface area contributed by atoms with Crippen molar-refractivity contribution in [3.63, 3.8) is 0 Å². The fourth-order valence-corrected chi connectivity index (χ4v) is 2.42. The van der Waals surface area contributed by atoms with Crippen molar-refractivity contribution in [3.8, 4) is 5.75 Å². The van der Waals surface area contributed by atoms with Gasteiger partial charge in [-0.15, -0.1) is 0 Å². The number of nitrogens with one attached hydrogen (secondary N) is 1. The average Bonchev–Trinajstić information content (AvgIpc) is 2.45. The number of ether oxygens (including phenoxy) is 2. The van der Waals surface area contributed by atoms with Gasteiger partial charge in [0.05, 0.1) is 6.10 Å². The minimum Gasteiger partial charge on any atom is -0.491 e. The van der Waals surface area contributed by atoms with Crippen LogP contribution in [0.5, 0.6) is 5.75 Å². The monoisotopic (exact) mass is 277 g/mol. The predicted molar refractivity (Wildman–Crippen MR) is 82.2 cm³/mol. The minimum atomic E-state index is 0.260. The molecule has 0 spiro atoms. The van der Waals surface area contributed by atoms with E-state index in [9.17, 15) is 0 Å². The third-order valence-corrected chi connectivity index (χ3v) is 3.62. The molecule has 1 aliphatic rings. The molecule has 1 atom stereocenters. The largest absolute Gasteiger partial charge is 0.491 e. The van der Waals surface area contributed by atoms with Gasteiger partial charge in [-0.1, -0.05) is 31.5 Å². The molecule has 3 nitrogen and oxygen atoms in total. The summed E-state index contributed by atoms with van der Waals surface area (Å²) in [5, 5.41) is 3.46. The van der Waals surface area contributed by atoms with Crippen molar-refractivity contribution >= 4 is 0 Å². The highest BCUT2D eigenvalue weighted by Crippen LogP contribution is 2.22. The molecule has 1 heterocycles.